The van der Waals surface area contributed by atoms with Gasteiger partial charge in [0.15, 0.2) is 0 Å². The molecule has 2 unspecified atom stereocenters. The van der Waals surface area contributed by atoms with Gasteiger partial charge in [-0.05, 0) is 49.6 Å². The maximum atomic E-state index is 12.8. The third-order valence-electron chi connectivity index (χ3n) is 4.02. The molecule has 0 saturated carbocycles. The summed E-state index contributed by atoms with van der Waals surface area (Å²) in [5.74, 6) is -1.49. The van der Waals surface area contributed by atoms with Gasteiger partial charge in [0.05, 0.1) is 6.10 Å². The first-order valence-electron chi connectivity index (χ1n) is 8.19. The third-order valence-corrected chi connectivity index (χ3v) is 4.02. The zero-order chi connectivity index (χ0) is 17.5. The van der Waals surface area contributed by atoms with E-state index in [1.54, 1.807) is 0 Å². The van der Waals surface area contributed by atoms with Crippen molar-refractivity contribution in [1.29, 1.82) is 0 Å². The van der Waals surface area contributed by atoms with E-state index in [-0.39, 0.29) is 6.54 Å². The minimum atomic E-state index is -0.847. The van der Waals surface area contributed by atoms with Crippen molar-refractivity contribution in [1.82, 2.24) is 10.2 Å². The van der Waals surface area contributed by atoms with E-state index in [9.17, 15) is 19.1 Å². The Hall–Kier alpha value is -1.99. The highest BCUT2D eigenvalue weighted by Crippen LogP contribution is 2.15. The number of carbonyl (C=O) groups is 2. The number of carbonyl (C=O) groups excluding carboxylic acids is 2. The van der Waals surface area contributed by atoms with Gasteiger partial charge in [-0.2, -0.15) is 0 Å². The minimum absolute atomic E-state index is 0.0144. The molecule has 1 aromatic carbocycles. The number of benzene rings is 1. The Morgan fingerprint density at radius 2 is 2.04 bits per heavy atom. The number of aliphatic hydroxyl groups excluding tert-OH is 1. The maximum Gasteiger partial charge on any atom is 0.313 e. The molecule has 1 aliphatic rings. The predicted molar refractivity (Wildman–Crippen MR) is 88.9 cm³/mol. The lowest BCUT2D eigenvalue weighted by atomic mass is 10.00. The number of rotatable bonds is 5. The molecule has 2 atom stereocenters. The number of likely N-dealkylation sites (tertiary alicyclic amines) is 1. The molecule has 1 aromatic rings. The second-order valence-corrected chi connectivity index (χ2v) is 6.33. The van der Waals surface area contributed by atoms with Crippen LogP contribution in [0.2, 0.25) is 0 Å². The van der Waals surface area contributed by atoms with Crippen LogP contribution in [0, 0.1) is 11.7 Å². The SMILES string of the molecule is CC1CCCN(CC(O)CNC(=O)C(=O)Nc2ccc(F)cc2)C1. The number of hydrogen-bond donors (Lipinski definition) is 3. The molecule has 132 valence electrons. The fourth-order valence-corrected chi connectivity index (χ4v) is 2.83. The van der Waals surface area contributed by atoms with Crippen LogP contribution in [-0.4, -0.2) is 54.1 Å². The molecule has 0 spiro atoms. The van der Waals surface area contributed by atoms with Gasteiger partial charge in [0.25, 0.3) is 0 Å². The Morgan fingerprint density at radius 3 is 2.71 bits per heavy atom. The first kappa shape index (κ1) is 18.4. The van der Waals surface area contributed by atoms with Crippen molar-refractivity contribution in [3.63, 3.8) is 0 Å². The minimum Gasteiger partial charge on any atom is -0.390 e. The van der Waals surface area contributed by atoms with Gasteiger partial charge in [0.2, 0.25) is 0 Å². The summed E-state index contributed by atoms with van der Waals surface area (Å²) < 4.78 is 12.8. The Kier molecular flexibility index (Phi) is 6.69. The smallest absolute Gasteiger partial charge is 0.313 e. The van der Waals surface area contributed by atoms with Crippen molar-refractivity contribution in [2.24, 2.45) is 5.92 Å². The standard InChI is InChI=1S/C17H24FN3O3/c1-12-3-2-8-21(10-12)11-15(22)9-19-16(23)17(24)20-14-6-4-13(18)5-7-14/h4-7,12,15,22H,2-3,8-11H2,1H3,(H,19,23)(H,20,24). The molecule has 0 bridgehead atoms. The number of amides is 2. The molecule has 0 radical (unpaired) electrons. The molecule has 1 heterocycles. The highest BCUT2D eigenvalue weighted by Gasteiger charge is 2.20. The number of nitrogens with one attached hydrogen (secondary N) is 2. The Labute approximate surface area is 141 Å². The number of piperidine rings is 1. The predicted octanol–water partition coefficient (Wildman–Crippen LogP) is 0.973. The highest BCUT2D eigenvalue weighted by atomic mass is 19.1. The molecule has 0 aromatic heterocycles. The van der Waals surface area contributed by atoms with Crippen LogP contribution in [0.15, 0.2) is 24.3 Å². The van der Waals surface area contributed by atoms with E-state index in [0.29, 0.717) is 18.2 Å². The maximum absolute atomic E-state index is 12.8. The van der Waals surface area contributed by atoms with Crippen LogP contribution in [0.5, 0.6) is 0 Å². The monoisotopic (exact) mass is 337 g/mol. The highest BCUT2D eigenvalue weighted by molar-refractivity contribution is 6.39. The average molecular weight is 337 g/mol. The lowest BCUT2D eigenvalue weighted by Gasteiger charge is -2.32. The number of nitrogens with zero attached hydrogens (tertiary/aromatic N) is 1. The quantitative estimate of drug-likeness (QED) is 0.700. The largest absolute Gasteiger partial charge is 0.390 e. The van der Waals surface area contributed by atoms with E-state index in [1.807, 2.05) is 0 Å². The summed E-state index contributed by atoms with van der Waals surface area (Å²) >= 11 is 0. The van der Waals surface area contributed by atoms with Crippen LogP contribution in [-0.2, 0) is 9.59 Å². The summed E-state index contributed by atoms with van der Waals surface area (Å²) in [4.78, 5) is 25.6. The van der Waals surface area contributed by atoms with Crippen molar-refractivity contribution in [3.8, 4) is 0 Å². The Balaban J connectivity index is 1.71. The summed E-state index contributed by atoms with van der Waals surface area (Å²) in [6, 6.07) is 5.12. The lowest BCUT2D eigenvalue weighted by Crippen LogP contribution is -2.45. The number of hydrogen-bond acceptors (Lipinski definition) is 4. The average Bonchev–Trinajstić information content (AvgIpc) is 2.54. The van der Waals surface area contributed by atoms with E-state index in [1.165, 1.54) is 30.7 Å². The normalized spacial score (nSPS) is 19.5. The molecule has 3 N–H and O–H groups in total. The van der Waals surface area contributed by atoms with Gasteiger partial charge >= 0.3 is 11.8 Å². The number of aliphatic hydroxyl groups is 1. The van der Waals surface area contributed by atoms with Crippen LogP contribution in [0.4, 0.5) is 10.1 Å². The van der Waals surface area contributed by atoms with Gasteiger partial charge in [-0.25, -0.2) is 4.39 Å². The van der Waals surface area contributed by atoms with Crippen molar-refractivity contribution < 1.29 is 19.1 Å². The van der Waals surface area contributed by atoms with Crippen LogP contribution in [0.1, 0.15) is 19.8 Å². The Morgan fingerprint density at radius 1 is 1.33 bits per heavy atom. The summed E-state index contributed by atoms with van der Waals surface area (Å²) in [5, 5.41) is 14.8. The molecule has 24 heavy (non-hydrogen) atoms. The summed E-state index contributed by atoms with van der Waals surface area (Å²) in [5.41, 5.74) is 0.333. The molecule has 2 amide bonds. The van der Waals surface area contributed by atoms with Gasteiger partial charge in [-0.15, -0.1) is 0 Å². The number of halogens is 1. The summed E-state index contributed by atoms with van der Waals surface area (Å²) in [6.07, 6.45) is 1.59. The number of β-amino-alcohol motifs (C(OH)–C–C–N with tert-alkyl or cyclic N) is 1. The van der Waals surface area contributed by atoms with Gasteiger partial charge in [0, 0.05) is 25.3 Å². The van der Waals surface area contributed by atoms with E-state index in [4.69, 9.17) is 0 Å². The Bertz CT molecular complexity index is 565. The second-order valence-electron chi connectivity index (χ2n) is 6.33. The van der Waals surface area contributed by atoms with E-state index in [0.717, 1.165) is 19.5 Å². The van der Waals surface area contributed by atoms with Crippen molar-refractivity contribution in [2.75, 3.05) is 31.5 Å². The van der Waals surface area contributed by atoms with Gasteiger partial charge < -0.3 is 20.6 Å². The van der Waals surface area contributed by atoms with Crippen molar-refractivity contribution in [3.05, 3.63) is 30.1 Å². The fourth-order valence-electron chi connectivity index (χ4n) is 2.83. The lowest BCUT2D eigenvalue weighted by molar-refractivity contribution is -0.136. The van der Waals surface area contributed by atoms with E-state index in [2.05, 4.69) is 22.5 Å². The van der Waals surface area contributed by atoms with Crippen LogP contribution >= 0.6 is 0 Å². The van der Waals surface area contributed by atoms with Gasteiger partial charge in [-0.1, -0.05) is 6.92 Å². The van der Waals surface area contributed by atoms with Gasteiger partial charge in [0.1, 0.15) is 5.82 Å². The first-order valence-corrected chi connectivity index (χ1v) is 8.19. The molecule has 7 heteroatoms. The van der Waals surface area contributed by atoms with Crippen LogP contribution < -0.4 is 10.6 Å². The molecule has 6 nitrogen and oxygen atoms in total. The van der Waals surface area contributed by atoms with Gasteiger partial charge in [-0.3, -0.25) is 9.59 Å². The molecule has 1 fully saturated rings. The summed E-state index contributed by atoms with van der Waals surface area (Å²) in [7, 11) is 0. The second kappa shape index (κ2) is 8.75. The number of anilines is 1. The zero-order valence-electron chi connectivity index (χ0n) is 13.8. The zero-order valence-corrected chi connectivity index (χ0v) is 13.8. The van der Waals surface area contributed by atoms with Crippen LogP contribution in [0.3, 0.4) is 0 Å². The fraction of sp³-hybridized carbons (Fsp3) is 0.529. The molecular weight excluding hydrogens is 313 g/mol. The molecule has 1 saturated heterocycles. The van der Waals surface area contributed by atoms with Crippen LogP contribution in [0.25, 0.3) is 0 Å². The first-order chi connectivity index (χ1) is 11.4. The summed E-state index contributed by atoms with van der Waals surface area (Å²) in [6.45, 7) is 4.56. The van der Waals surface area contributed by atoms with Crippen molar-refractivity contribution >= 4 is 17.5 Å². The topological polar surface area (TPSA) is 81.7 Å². The molecule has 2 rings (SSSR count). The molecule has 0 aliphatic carbocycles. The molecule has 1 aliphatic heterocycles. The van der Waals surface area contributed by atoms with Crippen molar-refractivity contribution in [2.45, 2.75) is 25.9 Å². The van der Waals surface area contributed by atoms with E-state index >= 15 is 0 Å². The third kappa shape index (κ3) is 5.90. The molecular formula is C17H24FN3O3. The van der Waals surface area contributed by atoms with E-state index < -0.39 is 23.7 Å².